The van der Waals surface area contributed by atoms with E-state index in [1.165, 1.54) is 12.1 Å². The highest BCUT2D eigenvalue weighted by Gasteiger charge is 2.13. The summed E-state index contributed by atoms with van der Waals surface area (Å²) in [5, 5.41) is 3.21. The first-order chi connectivity index (χ1) is 11.5. The number of halogens is 1. The molecule has 5 heteroatoms. The molecule has 0 amide bonds. The summed E-state index contributed by atoms with van der Waals surface area (Å²) in [6.45, 7) is 6.06. The Bertz CT molecular complexity index is 724. The van der Waals surface area contributed by atoms with Gasteiger partial charge in [-0.2, -0.15) is 0 Å². The summed E-state index contributed by atoms with van der Waals surface area (Å²) >= 11 is 0. The molecule has 0 fully saturated rings. The Kier molecular flexibility index (Phi) is 6.07. The molecule has 1 heterocycles. The second-order valence-corrected chi connectivity index (χ2v) is 5.56. The number of pyridine rings is 1. The molecule has 0 aliphatic rings. The van der Waals surface area contributed by atoms with Crippen molar-refractivity contribution in [2.45, 2.75) is 26.8 Å². The molecule has 2 aromatic rings. The van der Waals surface area contributed by atoms with Gasteiger partial charge in [0, 0.05) is 12.2 Å². The standard InChI is InChI=1S/C19H21FN2O2/c1-4-24-19(23)17(15-5-7-16(20)8-6-15)11-14-9-10-21-18(12-14)22-13(2)3/h5-13H,4H2,1-3H3,(H,21,22)/b17-11+. The van der Waals surface area contributed by atoms with Crippen molar-refractivity contribution in [3.05, 3.63) is 59.5 Å². The number of hydrogen-bond acceptors (Lipinski definition) is 4. The number of rotatable bonds is 6. The summed E-state index contributed by atoms with van der Waals surface area (Å²) in [6.07, 6.45) is 3.39. The molecule has 0 bridgehead atoms. The highest BCUT2D eigenvalue weighted by atomic mass is 19.1. The Hall–Kier alpha value is -2.69. The maximum absolute atomic E-state index is 13.1. The van der Waals surface area contributed by atoms with Gasteiger partial charge >= 0.3 is 5.97 Å². The van der Waals surface area contributed by atoms with Gasteiger partial charge in [-0.05, 0) is 62.2 Å². The second kappa shape index (κ2) is 8.24. The fourth-order valence-corrected chi connectivity index (χ4v) is 2.18. The van der Waals surface area contributed by atoms with E-state index in [4.69, 9.17) is 4.74 Å². The number of nitrogens with zero attached hydrogens (tertiary/aromatic N) is 1. The number of carbonyl (C=O) groups is 1. The lowest BCUT2D eigenvalue weighted by atomic mass is 10.0. The second-order valence-electron chi connectivity index (χ2n) is 5.56. The molecule has 0 radical (unpaired) electrons. The fraction of sp³-hybridized carbons (Fsp3) is 0.263. The molecule has 126 valence electrons. The van der Waals surface area contributed by atoms with Gasteiger partial charge in [0.1, 0.15) is 11.6 Å². The third-order valence-corrected chi connectivity index (χ3v) is 3.18. The number of esters is 1. The van der Waals surface area contributed by atoms with Crippen molar-refractivity contribution in [3.8, 4) is 0 Å². The first kappa shape index (κ1) is 17.7. The van der Waals surface area contributed by atoms with Gasteiger partial charge in [-0.3, -0.25) is 0 Å². The van der Waals surface area contributed by atoms with Crippen LogP contribution in [-0.4, -0.2) is 23.6 Å². The van der Waals surface area contributed by atoms with Gasteiger partial charge in [-0.1, -0.05) is 12.1 Å². The Morgan fingerprint density at radius 2 is 2.00 bits per heavy atom. The molecule has 0 unspecified atom stereocenters. The van der Waals surface area contributed by atoms with Gasteiger partial charge in [-0.15, -0.1) is 0 Å². The van der Waals surface area contributed by atoms with E-state index < -0.39 is 5.97 Å². The molecule has 0 aliphatic heterocycles. The van der Waals surface area contributed by atoms with E-state index in [0.29, 0.717) is 11.1 Å². The van der Waals surface area contributed by atoms with E-state index in [1.54, 1.807) is 37.4 Å². The Balaban J connectivity index is 2.41. The number of carbonyl (C=O) groups excluding carboxylic acids is 1. The summed E-state index contributed by atoms with van der Waals surface area (Å²) in [5.74, 6) is -0.0744. The third kappa shape index (κ3) is 4.91. The predicted octanol–water partition coefficient (Wildman–Crippen LogP) is 4.14. The topological polar surface area (TPSA) is 51.2 Å². The summed E-state index contributed by atoms with van der Waals surface area (Å²) in [6, 6.07) is 9.66. The molecular formula is C19H21FN2O2. The monoisotopic (exact) mass is 328 g/mol. The first-order valence-corrected chi connectivity index (χ1v) is 7.87. The maximum Gasteiger partial charge on any atom is 0.338 e. The molecule has 2 rings (SSSR count). The number of anilines is 1. The van der Waals surface area contributed by atoms with Crippen molar-refractivity contribution in [2.24, 2.45) is 0 Å². The Labute approximate surface area is 141 Å². The van der Waals surface area contributed by atoms with Gasteiger partial charge in [0.15, 0.2) is 0 Å². The molecule has 0 saturated carbocycles. The number of hydrogen-bond donors (Lipinski definition) is 1. The van der Waals surface area contributed by atoms with Crippen LogP contribution in [0.15, 0.2) is 42.6 Å². The van der Waals surface area contributed by atoms with E-state index in [-0.39, 0.29) is 18.5 Å². The van der Waals surface area contributed by atoms with Gasteiger partial charge in [-0.25, -0.2) is 14.2 Å². The lowest BCUT2D eigenvalue weighted by Gasteiger charge is -2.10. The Morgan fingerprint density at radius 1 is 1.29 bits per heavy atom. The van der Waals surface area contributed by atoms with Crippen LogP contribution in [0.25, 0.3) is 11.6 Å². The zero-order valence-electron chi connectivity index (χ0n) is 14.0. The van der Waals surface area contributed by atoms with Gasteiger partial charge in [0.25, 0.3) is 0 Å². The molecule has 24 heavy (non-hydrogen) atoms. The largest absolute Gasteiger partial charge is 0.462 e. The summed E-state index contributed by atoms with van der Waals surface area (Å²) in [7, 11) is 0. The van der Waals surface area contributed by atoms with Crippen LogP contribution in [0.3, 0.4) is 0 Å². The van der Waals surface area contributed by atoms with E-state index in [1.807, 2.05) is 19.9 Å². The summed E-state index contributed by atoms with van der Waals surface area (Å²) in [5.41, 5.74) is 1.78. The molecule has 0 saturated heterocycles. The molecule has 0 aliphatic carbocycles. The van der Waals surface area contributed by atoms with Crippen LogP contribution in [0.2, 0.25) is 0 Å². The van der Waals surface area contributed by atoms with E-state index in [2.05, 4.69) is 10.3 Å². The lowest BCUT2D eigenvalue weighted by molar-refractivity contribution is -0.136. The van der Waals surface area contributed by atoms with Crippen molar-refractivity contribution in [2.75, 3.05) is 11.9 Å². The number of ether oxygens (including phenoxy) is 1. The number of aromatic nitrogens is 1. The van der Waals surface area contributed by atoms with Gasteiger partial charge in [0.2, 0.25) is 0 Å². The smallest absolute Gasteiger partial charge is 0.338 e. The Morgan fingerprint density at radius 3 is 2.62 bits per heavy atom. The summed E-state index contributed by atoms with van der Waals surface area (Å²) in [4.78, 5) is 16.5. The van der Waals surface area contributed by atoms with Gasteiger partial charge in [0.05, 0.1) is 12.2 Å². The molecule has 1 aromatic heterocycles. The van der Waals surface area contributed by atoms with E-state index >= 15 is 0 Å². The van der Waals surface area contributed by atoms with Crippen molar-refractivity contribution >= 4 is 23.4 Å². The molecule has 1 N–H and O–H groups in total. The number of benzene rings is 1. The minimum absolute atomic E-state index is 0.248. The maximum atomic E-state index is 13.1. The molecule has 4 nitrogen and oxygen atoms in total. The molecule has 1 aromatic carbocycles. The van der Waals surface area contributed by atoms with Crippen LogP contribution in [-0.2, 0) is 9.53 Å². The zero-order valence-corrected chi connectivity index (χ0v) is 14.0. The summed E-state index contributed by atoms with van der Waals surface area (Å²) < 4.78 is 18.3. The zero-order chi connectivity index (χ0) is 17.5. The SMILES string of the molecule is CCOC(=O)/C(=C/c1ccnc(NC(C)C)c1)c1ccc(F)cc1. The molecule has 0 spiro atoms. The highest BCUT2D eigenvalue weighted by molar-refractivity contribution is 6.21. The van der Waals surface area contributed by atoms with Crippen LogP contribution in [0.4, 0.5) is 10.2 Å². The van der Waals surface area contributed by atoms with Crippen LogP contribution in [0, 0.1) is 5.82 Å². The quantitative estimate of drug-likeness (QED) is 0.639. The van der Waals surface area contributed by atoms with Crippen molar-refractivity contribution in [1.82, 2.24) is 4.98 Å². The molecule has 0 atom stereocenters. The van der Waals surface area contributed by atoms with Crippen LogP contribution in [0.1, 0.15) is 31.9 Å². The average molecular weight is 328 g/mol. The van der Waals surface area contributed by atoms with Gasteiger partial charge < -0.3 is 10.1 Å². The minimum Gasteiger partial charge on any atom is -0.462 e. The van der Waals surface area contributed by atoms with Crippen molar-refractivity contribution < 1.29 is 13.9 Å². The van der Waals surface area contributed by atoms with E-state index in [0.717, 1.165) is 11.4 Å². The lowest BCUT2D eigenvalue weighted by Crippen LogP contribution is -2.11. The first-order valence-electron chi connectivity index (χ1n) is 7.87. The number of nitrogens with one attached hydrogen (secondary N) is 1. The highest BCUT2D eigenvalue weighted by Crippen LogP contribution is 2.21. The van der Waals surface area contributed by atoms with Crippen LogP contribution < -0.4 is 5.32 Å². The average Bonchev–Trinajstić information content (AvgIpc) is 2.53. The van der Waals surface area contributed by atoms with Crippen molar-refractivity contribution in [3.63, 3.8) is 0 Å². The minimum atomic E-state index is -0.445. The van der Waals surface area contributed by atoms with E-state index in [9.17, 15) is 9.18 Å². The van der Waals surface area contributed by atoms with Crippen LogP contribution in [0.5, 0.6) is 0 Å². The molecular weight excluding hydrogens is 307 g/mol. The van der Waals surface area contributed by atoms with Crippen LogP contribution >= 0.6 is 0 Å². The predicted molar refractivity (Wildman–Crippen MR) is 93.9 cm³/mol. The van der Waals surface area contributed by atoms with Crippen molar-refractivity contribution in [1.29, 1.82) is 0 Å². The normalized spacial score (nSPS) is 11.5. The fourth-order valence-electron chi connectivity index (χ4n) is 2.18. The third-order valence-electron chi connectivity index (χ3n) is 3.18.